The molecule has 3 aromatic rings. The van der Waals surface area contributed by atoms with E-state index in [0.717, 1.165) is 19.7 Å². The minimum absolute atomic E-state index is 0.0206. The number of ketones is 2. The number of rotatable bonds is 8. The van der Waals surface area contributed by atoms with E-state index in [2.05, 4.69) is 41.8 Å². The van der Waals surface area contributed by atoms with Crippen molar-refractivity contribution in [3.05, 3.63) is 80.4 Å². The molecule has 0 saturated heterocycles. The number of hydrogen-bond acceptors (Lipinski definition) is 6. The highest BCUT2D eigenvalue weighted by Crippen LogP contribution is 2.23. The fourth-order valence-corrected chi connectivity index (χ4v) is 4.59. The van der Waals surface area contributed by atoms with Crippen LogP contribution in [-0.2, 0) is 0 Å². The summed E-state index contributed by atoms with van der Waals surface area (Å²) in [5.74, 6) is 0.609. The topological polar surface area (TPSA) is 59.9 Å². The average molecular weight is 552 g/mol. The Labute approximate surface area is 194 Å². The van der Waals surface area contributed by atoms with Gasteiger partial charge in [0.15, 0.2) is 16.7 Å². The summed E-state index contributed by atoms with van der Waals surface area (Å²) >= 11 is 9.40. The number of Topliss-reactive ketones (excluding diaryl/α,β-unsaturated/α-hetero) is 2. The fourth-order valence-electron chi connectivity index (χ4n) is 2.36. The van der Waals surface area contributed by atoms with Gasteiger partial charge in [-0.15, -0.1) is 0 Å². The molecule has 1 aromatic heterocycles. The molecule has 0 saturated carbocycles. The van der Waals surface area contributed by atoms with E-state index in [0.29, 0.717) is 22.0 Å². The second-order valence-corrected chi connectivity index (χ2v) is 9.84. The molecule has 0 radical (unpaired) electrons. The summed E-state index contributed by atoms with van der Waals surface area (Å²) < 4.78 is 1.87. The molecular formula is C21H16Br2N2O2S2. The number of carbonyl (C=O) groups is 2. The van der Waals surface area contributed by atoms with Crippen LogP contribution in [0.4, 0.5) is 0 Å². The number of aryl methyl sites for hydroxylation is 1. The van der Waals surface area contributed by atoms with Gasteiger partial charge in [0.25, 0.3) is 0 Å². The first-order chi connectivity index (χ1) is 13.9. The largest absolute Gasteiger partial charge is 0.293 e. The van der Waals surface area contributed by atoms with E-state index in [1.807, 2.05) is 37.3 Å². The summed E-state index contributed by atoms with van der Waals surface area (Å²) in [4.78, 5) is 33.6. The fraction of sp³-hybridized carbons (Fsp3) is 0.143. The molecule has 0 fully saturated rings. The number of benzene rings is 2. The predicted octanol–water partition coefficient (Wildman–Crippen LogP) is 6.26. The molecule has 1 heterocycles. The molecule has 148 valence electrons. The lowest BCUT2D eigenvalue weighted by molar-refractivity contribution is 0.101. The van der Waals surface area contributed by atoms with E-state index in [4.69, 9.17) is 0 Å². The summed E-state index contributed by atoms with van der Waals surface area (Å²) in [6, 6.07) is 16.4. The van der Waals surface area contributed by atoms with Gasteiger partial charge in [-0.2, -0.15) is 0 Å². The molecule has 0 aliphatic rings. The maximum absolute atomic E-state index is 12.4. The molecule has 0 N–H and O–H groups in total. The van der Waals surface area contributed by atoms with Crippen LogP contribution in [0.1, 0.15) is 26.4 Å². The number of carbonyl (C=O) groups excluding carboxylic acids is 2. The highest BCUT2D eigenvalue weighted by molar-refractivity contribution is 9.10. The molecule has 0 amide bonds. The minimum Gasteiger partial charge on any atom is -0.293 e. The molecule has 0 unspecified atom stereocenters. The Morgan fingerprint density at radius 1 is 0.793 bits per heavy atom. The zero-order chi connectivity index (χ0) is 20.8. The van der Waals surface area contributed by atoms with E-state index in [1.54, 1.807) is 24.3 Å². The van der Waals surface area contributed by atoms with Gasteiger partial charge in [-0.25, -0.2) is 9.97 Å². The van der Waals surface area contributed by atoms with Gasteiger partial charge in [-0.1, -0.05) is 79.6 Å². The van der Waals surface area contributed by atoms with Crippen molar-refractivity contribution in [2.45, 2.75) is 17.1 Å². The molecule has 8 heteroatoms. The molecule has 0 spiro atoms. The molecule has 29 heavy (non-hydrogen) atoms. The molecule has 0 bridgehead atoms. The standard InChI is InChI=1S/C21H16Br2N2O2S2/c1-13-10-20(28-11-18(26)14-2-6-16(22)7-3-14)25-21(24-13)29-12-19(27)15-4-8-17(23)9-5-15/h2-10H,11-12H2,1H3. The molecule has 0 aliphatic carbocycles. The first-order valence-corrected chi connectivity index (χ1v) is 12.2. The Hall–Kier alpha value is -1.48. The van der Waals surface area contributed by atoms with Gasteiger partial charge in [-0.05, 0) is 37.3 Å². The van der Waals surface area contributed by atoms with E-state index in [9.17, 15) is 9.59 Å². The lowest BCUT2D eigenvalue weighted by Gasteiger charge is -2.06. The van der Waals surface area contributed by atoms with E-state index >= 15 is 0 Å². The van der Waals surface area contributed by atoms with Crippen LogP contribution >= 0.6 is 55.4 Å². The van der Waals surface area contributed by atoms with Crippen molar-refractivity contribution in [3.8, 4) is 0 Å². The quantitative estimate of drug-likeness (QED) is 0.142. The smallest absolute Gasteiger partial charge is 0.189 e. The van der Waals surface area contributed by atoms with E-state index in [1.165, 1.54) is 23.5 Å². The molecule has 4 nitrogen and oxygen atoms in total. The number of thioether (sulfide) groups is 2. The second kappa shape index (κ2) is 10.5. The van der Waals surface area contributed by atoms with Gasteiger partial charge in [0.05, 0.1) is 11.5 Å². The van der Waals surface area contributed by atoms with Crippen molar-refractivity contribution in [3.63, 3.8) is 0 Å². The van der Waals surface area contributed by atoms with Crippen molar-refractivity contribution in [2.75, 3.05) is 11.5 Å². The van der Waals surface area contributed by atoms with Crippen LogP contribution in [0.5, 0.6) is 0 Å². The van der Waals surface area contributed by atoms with Crippen LogP contribution in [0.15, 0.2) is 73.7 Å². The summed E-state index contributed by atoms with van der Waals surface area (Å²) in [5, 5.41) is 1.26. The first kappa shape index (κ1) is 22.2. The van der Waals surface area contributed by atoms with Gasteiger partial charge in [0, 0.05) is 25.8 Å². The highest BCUT2D eigenvalue weighted by Gasteiger charge is 2.12. The van der Waals surface area contributed by atoms with Crippen LogP contribution in [-0.4, -0.2) is 33.0 Å². The summed E-state index contributed by atoms with van der Waals surface area (Å²) in [5.41, 5.74) is 2.13. The Morgan fingerprint density at radius 2 is 1.28 bits per heavy atom. The van der Waals surface area contributed by atoms with Crippen molar-refractivity contribution in [1.82, 2.24) is 9.97 Å². The lowest BCUT2D eigenvalue weighted by atomic mass is 10.2. The number of halogens is 2. The molecule has 2 aromatic carbocycles. The summed E-state index contributed by atoms with van der Waals surface area (Å²) in [6.45, 7) is 1.88. The predicted molar refractivity (Wildman–Crippen MR) is 125 cm³/mol. The van der Waals surface area contributed by atoms with Gasteiger partial charge in [-0.3, -0.25) is 9.59 Å². The second-order valence-electron chi connectivity index (χ2n) is 6.07. The van der Waals surface area contributed by atoms with Crippen LogP contribution < -0.4 is 0 Å². The highest BCUT2D eigenvalue weighted by atomic mass is 79.9. The van der Waals surface area contributed by atoms with Crippen LogP contribution in [0.2, 0.25) is 0 Å². The third kappa shape index (κ3) is 6.77. The Kier molecular flexibility index (Phi) is 8.06. The summed E-state index contributed by atoms with van der Waals surface area (Å²) in [6.07, 6.45) is 0. The van der Waals surface area contributed by atoms with Gasteiger partial charge in [0.2, 0.25) is 0 Å². The maximum atomic E-state index is 12.4. The van der Waals surface area contributed by atoms with Gasteiger partial charge in [0.1, 0.15) is 5.03 Å². The van der Waals surface area contributed by atoms with E-state index in [-0.39, 0.29) is 17.3 Å². The summed E-state index contributed by atoms with van der Waals surface area (Å²) in [7, 11) is 0. The molecule has 0 atom stereocenters. The third-order valence-corrected chi connectivity index (χ3v) is 6.64. The van der Waals surface area contributed by atoms with Crippen LogP contribution in [0.25, 0.3) is 0 Å². The number of hydrogen-bond donors (Lipinski definition) is 0. The Balaban J connectivity index is 1.60. The zero-order valence-electron chi connectivity index (χ0n) is 15.4. The minimum atomic E-state index is 0.0206. The van der Waals surface area contributed by atoms with Gasteiger partial charge >= 0.3 is 0 Å². The molecular weight excluding hydrogens is 536 g/mol. The normalized spacial score (nSPS) is 10.7. The molecule has 3 rings (SSSR count). The third-order valence-electron chi connectivity index (χ3n) is 3.83. The average Bonchev–Trinajstić information content (AvgIpc) is 2.71. The SMILES string of the molecule is Cc1cc(SCC(=O)c2ccc(Br)cc2)nc(SCC(=O)c2ccc(Br)cc2)n1. The van der Waals surface area contributed by atoms with Crippen LogP contribution in [0, 0.1) is 6.92 Å². The monoisotopic (exact) mass is 550 g/mol. The first-order valence-electron chi connectivity index (χ1n) is 8.59. The van der Waals surface area contributed by atoms with Crippen molar-refractivity contribution < 1.29 is 9.59 Å². The van der Waals surface area contributed by atoms with Crippen molar-refractivity contribution >= 4 is 67.0 Å². The lowest BCUT2D eigenvalue weighted by Crippen LogP contribution is -2.04. The Morgan fingerprint density at radius 3 is 1.79 bits per heavy atom. The zero-order valence-corrected chi connectivity index (χ0v) is 20.2. The molecule has 0 aliphatic heterocycles. The Bertz CT molecular complexity index is 946. The van der Waals surface area contributed by atoms with E-state index < -0.39 is 0 Å². The van der Waals surface area contributed by atoms with Crippen LogP contribution in [0.3, 0.4) is 0 Å². The maximum Gasteiger partial charge on any atom is 0.189 e. The number of nitrogens with zero attached hydrogens (tertiary/aromatic N) is 2. The van der Waals surface area contributed by atoms with Crippen molar-refractivity contribution in [1.29, 1.82) is 0 Å². The van der Waals surface area contributed by atoms with Gasteiger partial charge < -0.3 is 0 Å². The number of aromatic nitrogens is 2. The van der Waals surface area contributed by atoms with Crippen molar-refractivity contribution in [2.24, 2.45) is 0 Å².